The summed E-state index contributed by atoms with van der Waals surface area (Å²) in [5, 5.41) is 1.80. The molecule has 0 unspecified atom stereocenters. The quantitative estimate of drug-likeness (QED) is 0.516. The fraction of sp³-hybridized carbons (Fsp3) is 0. The first kappa shape index (κ1) is 13.1. The van der Waals surface area contributed by atoms with Crippen molar-refractivity contribution in [2.75, 3.05) is 0 Å². The zero-order valence-electron chi connectivity index (χ0n) is 11.8. The summed E-state index contributed by atoms with van der Waals surface area (Å²) in [5.41, 5.74) is 5.26. The van der Waals surface area contributed by atoms with Crippen LogP contribution in [0.1, 0.15) is 0 Å². The lowest BCUT2D eigenvalue weighted by atomic mass is 10.0. The van der Waals surface area contributed by atoms with Crippen LogP contribution in [0.2, 0.25) is 5.02 Å². The van der Waals surface area contributed by atoms with Crippen molar-refractivity contribution in [3.05, 3.63) is 78.1 Å². The number of benzene rings is 2. The van der Waals surface area contributed by atoms with Crippen molar-refractivity contribution in [3.63, 3.8) is 0 Å². The zero-order valence-corrected chi connectivity index (χ0v) is 12.5. The first-order chi connectivity index (χ1) is 10.8. The second kappa shape index (κ2) is 5.32. The third kappa shape index (κ3) is 2.28. The van der Waals surface area contributed by atoms with E-state index in [1.54, 1.807) is 0 Å². The third-order valence-electron chi connectivity index (χ3n) is 3.75. The largest absolute Gasteiger partial charge is 0.367 e. The van der Waals surface area contributed by atoms with Gasteiger partial charge >= 0.3 is 0 Å². The van der Waals surface area contributed by atoms with Crippen molar-refractivity contribution in [2.45, 2.75) is 0 Å². The van der Waals surface area contributed by atoms with E-state index < -0.39 is 0 Å². The zero-order chi connectivity index (χ0) is 14.9. The van der Waals surface area contributed by atoms with Crippen molar-refractivity contribution in [2.24, 2.45) is 0 Å². The van der Waals surface area contributed by atoms with E-state index in [-0.39, 0.29) is 0 Å². The number of pyridine rings is 1. The Labute approximate surface area is 133 Å². The van der Waals surface area contributed by atoms with Gasteiger partial charge in [0.1, 0.15) is 0 Å². The molecule has 2 nitrogen and oxygen atoms in total. The average Bonchev–Trinajstić information content (AvgIpc) is 3.08. The molecule has 0 saturated carbocycles. The summed E-state index contributed by atoms with van der Waals surface area (Å²) in [6.45, 7) is 0. The Hall–Kier alpha value is -2.58. The Morgan fingerprint density at radius 1 is 0.864 bits per heavy atom. The van der Waals surface area contributed by atoms with Crippen LogP contribution in [0.3, 0.4) is 0 Å². The molecule has 0 spiro atoms. The highest BCUT2D eigenvalue weighted by molar-refractivity contribution is 6.31. The first-order valence-electron chi connectivity index (χ1n) is 7.10. The minimum atomic E-state index is 0.699. The Bertz CT molecular complexity index is 928. The van der Waals surface area contributed by atoms with Gasteiger partial charge in [-0.25, -0.2) is 4.98 Å². The van der Waals surface area contributed by atoms with Crippen LogP contribution in [0, 0.1) is 0 Å². The van der Waals surface area contributed by atoms with Crippen molar-refractivity contribution >= 4 is 22.5 Å². The molecule has 0 amide bonds. The molecule has 0 aliphatic carbocycles. The van der Waals surface area contributed by atoms with E-state index in [1.807, 2.05) is 48.8 Å². The molecule has 0 bridgehead atoms. The first-order valence-corrected chi connectivity index (χ1v) is 7.48. The number of nitrogens with one attached hydrogen (secondary N) is 1. The molecule has 0 aliphatic rings. The van der Waals surface area contributed by atoms with Crippen LogP contribution < -0.4 is 0 Å². The smallest absolute Gasteiger partial charge is 0.0730 e. The van der Waals surface area contributed by atoms with Gasteiger partial charge in [-0.1, -0.05) is 48.0 Å². The minimum absolute atomic E-state index is 0.699. The molecule has 22 heavy (non-hydrogen) atoms. The number of fused-ring (bicyclic) bond motifs is 1. The molecule has 2 aromatic heterocycles. The molecule has 0 atom stereocenters. The van der Waals surface area contributed by atoms with Crippen LogP contribution in [-0.2, 0) is 0 Å². The predicted octanol–water partition coefficient (Wildman–Crippen LogP) is 5.55. The van der Waals surface area contributed by atoms with E-state index in [4.69, 9.17) is 16.6 Å². The number of halogens is 1. The van der Waals surface area contributed by atoms with Crippen molar-refractivity contribution < 1.29 is 0 Å². The minimum Gasteiger partial charge on any atom is -0.367 e. The highest BCUT2D eigenvalue weighted by Crippen LogP contribution is 2.32. The highest BCUT2D eigenvalue weighted by Gasteiger charge is 2.10. The van der Waals surface area contributed by atoms with Crippen LogP contribution in [0.4, 0.5) is 0 Å². The summed E-state index contributed by atoms with van der Waals surface area (Å²) in [5.74, 6) is 0. The van der Waals surface area contributed by atoms with Crippen LogP contribution in [0.5, 0.6) is 0 Å². The molecule has 0 saturated heterocycles. The second-order valence-corrected chi connectivity index (χ2v) is 5.62. The molecule has 4 rings (SSSR count). The van der Waals surface area contributed by atoms with Gasteiger partial charge in [-0.05, 0) is 35.4 Å². The van der Waals surface area contributed by atoms with Gasteiger partial charge in [-0.3, -0.25) is 0 Å². The van der Waals surface area contributed by atoms with E-state index in [2.05, 4.69) is 29.2 Å². The lowest BCUT2D eigenvalue weighted by molar-refractivity contribution is 1.39. The van der Waals surface area contributed by atoms with Gasteiger partial charge in [0, 0.05) is 28.4 Å². The molecule has 0 radical (unpaired) electrons. The van der Waals surface area contributed by atoms with Crippen molar-refractivity contribution in [1.29, 1.82) is 0 Å². The summed E-state index contributed by atoms with van der Waals surface area (Å²) in [7, 11) is 0. The summed E-state index contributed by atoms with van der Waals surface area (Å²) >= 11 is 6.15. The molecule has 4 aromatic rings. The number of nitrogens with zero attached hydrogens (tertiary/aromatic N) is 1. The molecule has 0 aliphatic heterocycles. The van der Waals surface area contributed by atoms with Crippen LogP contribution in [0.15, 0.2) is 73.1 Å². The molecular weight excluding hydrogens is 292 g/mol. The van der Waals surface area contributed by atoms with E-state index >= 15 is 0 Å². The average molecular weight is 305 g/mol. The number of hydrogen-bond acceptors (Lipinski definition) is 1. The van der Waals surface area contributed by atoms with Crippen molar-refractivity contribution in [1.82, 2.24) is 9.97 Å². The van der Waals surface area contributed by atoms with E-state index in [9.17, 15) is 0 Å². The maximum atomic E-state index is 6.15. The van der Waals surface area contributed by atoms with Crippen molar-refractivity contribution in [3.8, 4) is 22.4 Å². The lowest BCUT2D eigenvalue weighted by Gasteiger charge is -2.09. The van der Waals surface area contributed by atoms with Gasteiger partial charge in [0.05, 0.1) is 11.2 Å². The molecule has 106 valence electrons. The van der Waals surface area contributed by atoms with E-state index in [1.165, 1.54) is 0 Å². The number of H-pyrrole nitrogens is 1. The van der Waals surface area contributed by atoms with Gasteiger partial charge in [-0.15, -0.1) is 0 Å². The van der Waals surface area contributed by atoms with Crippen LogP contribution >= 0.6 is 11.6 Å². The van der Waals surface area contributed by atoms with Gasteiger partial charge in [0.15, 0.2) is 0 Å². The van der Waals surface area contributed by atoms with Gasteiger partial charge in [0.2, 0.25) is 0 Å². The molecular formula is C19H13ClN2. The fourth-order valence-corrected chi connectivity index (χ4v) is 2.85. The van der Waals surface area contributed by atoms with Gasteiger partial charge < -0.3 is 4.98 Å². The summed E-state index contributed by atoms with van der Waals surface area (Å²) in [4.78, 5) is 7.90. The highest BCUT2D eigenvalue weighted by atomic mass is 35.5. The van der Waals surface area contributed by atoms with Gasteiger partial charge in [-0.2, -0.15) is 0 Å². The normalized spacial score (nSPS) is 11.0. The lowest BCUT2D eigenvalue weighted by Crippen LogP contribution is -1.89. The van der Waals surface area contributed by atoms with Crippen LogP contribution in [0.25, 0.3) is 33.3 Å². The summed E-state index contributed by atoms with van der Waals surface area (Å²) in [6, 6.07) is 20.2. The Balaban J connectivity index is 2.04. The number of aromatic amines is 1. The second-order valence-electron chi connectivity index (χ2n) is 5.18. The summed E-state index contributed by atoms with van der Waals surface area (Å²) < 4.78 is 0. The topological polar surface area (TPSA) is 28.7 Å². The molecule has 2 aromatic carbocycles. The molecule has 0 fully saturated rings. The van der Waals surface area contributed by atoms with Gasteiger partial charge in [0.25, 0.3) is 0 Å². The van der Waals surface area contributed by atoms with E-state index in [0.717, 1.165) is 33.3 Å². The third-order valence-corrected chi connectivity index (χ3v) is 3.99. The molecule has 2 heterocycles. The number of rotatable bonds is 2. The fourth-order valence-electron chi connectivity index (χ4n) is 2.69. The Kier molecular flexibility index (Phi) is 3.17. The standard InChI is InChI=1S/C19H13ClN2/c20-15-6-7-16-17(14-8-9-21-12-14)11-18(22-19(16)10-15)13-4-2-1-3-5-13/h1-12,21H. The maximum absolute atomic E-state index is 6.15. The maximum Gasteiger partial charge on any atom is 0.0730 e. The molecule has 1 N–H and O–H groups in total. The number of hydrogen-bond donors (Lipinski definition) is 1. The van der Waals surface area contributed by atoms with E-state index in [0.29, 0.717) is 5.02 Å². The Morgan fingerprint density at radius 3 is 2.50 bits per heavy atom. The predicted molar refractivity (Wildman–Crippen MR) is 92.0 cm³/mol. The SMILES string of the molecule is Clc1ccc2c(-c3cc[nH]c3)cc(-c3ccccc3)nc2c1. The molecule has 3 heteroatoms. The van der Waals surface area contributed by atoms with Crippen LogP contribution in [-0.4, -0.2) is 9.97 Å². The number of aromatic nitrogens is 2. The Morgan fingerprint density at radius 2 is 1.73 bits per heavy atom. The summed E-state index contributed by atoms with van der Waals surface area (Å²) in [6.07, 6.45) is 3.93. The monoisotopic (exact) mass is 304 g/mol.